The average molecular weight is 263 g/mol. The number of hydrogen-bond donors (Lipinski definition) is 3. The number of nitrogens with one attached hydrogen (secondary N) is 1. The van der Waals surface area contributed by atoms with Crippen LogP contribution in [-0.4, -0.2) is 5.11 Å². The highest BCUT2D eigenvalue weighted by molar-refractivity contribution is 6.31. The Morgan fingerprint density at radius 2 is 1.89 bits per heavy atom. The van der Waals surface area contributed by atoms with Crippen molar-refractivity contribution in [2.24, 2.45) is 0 Å². The van der Waals surface area contributed by atoms with Crippen molar-refractivity contribution in [1.29, 1.82) is 0 Å². The molecule has 2 aromatic rings. The Hall–Kier alpha value is -1.71. The van der Waals surface area contributed by atoms with Crippen LogP contribution in [0.1, 0.15) is 11.1 Å². The summed E-state index contributed by atoms with van der Waals surface area (Å²) in [6, 6.07) is 13.1. The van der Waals surface area contributed by atoms with Crippen molar-refractivity contribution in [2.75, 3.05) is 11.1 Å². The SMILES string of the molecule is Nc1cc(Cl)ccc1NCc1cccc(CO)c1. The van der Waals surface area contributed by atoms with E-state index in [4.69, 9.17) is 22.4 Å². The molecular weight excluding hydrogens is 248 g/mol. The van der Waals surface area contributed by atoms with Gasteiger partial charge in [0.15, 0.2) is 0 Å². The maximum atomic E-state index is 9.07. The van der Waals surface area contributed by atoms with Gasteiger partial charge in [-0.05, 0) is 29.3 Å². The second-order valence-corrected chi connectivity index (χ2v) is 4.50. The molecule has 0 spiro atoms. The largest absolute Gasteiger partial charge is 0.397 e. The van der Waals surface area contributed by atoms with Crippen LogP contribution in [0.2, 0.25) is 5.02 Å². The summed E-state index contributed by atoms with van der Waals surface area (Å²) in [6.45, 7) is 0.705. The quantitative estimate of drug-likeness (QED) is 0.743. The number of benzene rings is 2. The number of anilines is 2. The van der Waals surface area contributed by atoms with E-state index in [1.165, 1.54) is 0 Å². The molecule has 2 aromatic carbocycles. The summed E-state index contributed by atoms with van der Waals surface area (Å²) in [7, 11) is 0. The van der Waals surface area contributed by atoms with Crippen molar-refractivity contribution in [1.82, 2.24) is 0 Å². The summed E-state index contributed by atoms with van der Waals surface area (Å²) in [5, 5.41) is 12.9. The van der Waals surface area contributed by atoms with Crippen LogP contribution in [0, 0.1) is 0 Å². The standard InChI is InChI=1S/C14H15ClN2O/c15-12-4-5-14(13(16)7-12)17-8-10-2-1-3-11(6-10)9-18/h1-7,17-18H,8-9,16H2. The van der Waals surface area contributed by atoms with Gasteiger partial charge in [-0.15, -0.1) is 0 Å². The molecule has 0 aromatic heterocycles. The highest BCUT2D eigenvalue weighted by Crippen LogP contribution is 2.23. The van der Waals surface area contributed by atoms with Crippen LogP contribution in [0.4, 0.5) is 11.4 Å². The van der Waals surface area contributed by atoms with Crippen LogP contribution < -0.4 is 11.1 Å². The molecule has 0 saturated carbocycles. The maximum Gasteiger partial charge on any atom is 0.0681 e. The van der Waals surface area contributed by atoms with Gasteiger partial charge in [0.1, 0.15) is 0 Å². The van der Waals surface area contributed by atoms with E-state index >= 15 is 0 Å². The van der Waals surface area contributed by atoms with Gasteiger partial charge in [-0.25, -0.2) is 0 Å². The van der Waals surface area contributed by atoms with Crippen molar-refractivity contribution >= 4 is 23.0 Å². The highest BCUT2D eigenvalue weighted by Gasteiger charge is 2.00. The number of aliphatic hydroxyl groups is 1. The molecule has 0 unspecified atom stereocenters. The van der Waals surface area contributed by atoms with E-state index in [2.05, 4.69) is 5.32 Å². The van der Waals surface area contributed by atoms with Crippen molar-refractivity contribution in [3.05, 3.63) is 58.6 Å². The van der Waals surface area contributed by atoms with Gasteiger partial charge in [-0.3, -0.25) is 0 Å². The Morgan fingerprint density at radius 3 is 2.61 bits per heavy atom. The Morgan fingerprint density at radius 1 is 1.11 bits per heavy atom. The second-order valence-electron chi connectivity index (χ2n) is 4.06. The summed E-state index contributed by atoms with van der Waals surface area (Å²) in [6.07, 6.45) is 0. The minimum absolute atomic E-state index is 0.0525. The molecule has 2 rings (SSSR count). The molecule has 0 saturated heterocycles. The molecule has 4 N–H and O–H groups in total. The fraction of sp³-hybridized carbons (Fsp3) is 0.143. The zero-order valence-electron chi connectivity index (χ0n) is 9.86. The predicted octanol–water partition coefficient (Wildman–Crippen LogP) is 3.03. The fourth-order valence-corrected chi connectivity index (χ4v) is 1.91. The van der Waals surface area contributed by atoms with E-state index in [9.17, 15) is 0 Å². The van der Waals surface area contributed by atoms with E-state index in [1.807, 2.05) is 30.3 Å². The summed E-state index contributed by atoms with van der Waals surface area (Å²) >= 11 is 5.84. The average Bonchev–Trinajstić information content (AvgIpc) is 2.38. The van der Waals surface area contributed by atoms with Crippen LogP contribution in [-0.2, 0) is 13.2 Å². The number of aliphatic hydroxyl groups excluding tert-OH is 1. The molecule has 0 aliphatic carbocycles. The number of nitrogen functional groups attached to an aromatic ring is 1. The van der Waals surface area contributed by atoms with Gasteiger partial charge >= 0.3 is 0 Å². The predicted molar refractivity (Wildman–Crippen MR) is 75.6 cm³/mol. The molecule has 0 bridgehead atoms. The number of hydrogen-bond acceptors (Lipinski definition) is 3. The van der Waals surface area contributed by atoms with Crippen molar-refractivity contribution in [3.63, 3.8) is 0 Å². The van der Waals surface area contributed by atoms with Crippen LogP contribution in [0.5, 0.6) is 0 Å². The number of halogens is 1. The first kappa shape index (κ1) is 12.7. The summed E-state index contributed by atoms with van der Waals surface area (Å²) in [5.74, 6) is 0. The lowest BCUT2D eigenvalue weighted by molar-refractivity contribution is 0.281. The Balaban J connectivity index is 2.06. The van der Waals surface area contributed by atoms with Gasteiger partial charge < -0.3 is 16.2 Å². The molecule has 0 radical (unpaired) electrons. The summed E-state index contributed by atoms with van der Waals surface area (Å²) < 4.78 is 0. The Kier molecular flexibility index (Phi) is 4.07. The van der Waals surface area contributed by atoms with Gasteiger partial charge in [-0.1, -0.05) is 35.9 Å². The second kappa shape index (κ2) is 5.76. The number of nitrogens with two attached hydrogens (primary N) is 1. The molecule has 94 valence electrons. The molecule has 0 fully saturated rings. The van der Waals surface area contributed by atoms with Gasteiger partial charge in [-0.2, -0.15) is 0 Å². The normalized spacial score (nSPS) is 10.3. The monoisotopic (exact) mass is 262 g/mol. The van der Waals surface area contributed by atoms with Gasteiger partial charge in [0.05, 0.1) is 18.0 Å². The third-order valence-corrected chi connectivity index (χ3v) is 2.91. The molecule has 0 heterocycles. The summed E-state index contributed by atoms with van der Waals surface area (Å²) in [4.78, 5) is 0. The topological polar surface area (TPSA) is 58.3 Å². The van der Waals surface area contributed by atoms with Crippen LogP contribution >= 0.6 is 11.6 Å². The van der Waals surface area contributed by atoms with Gasteiger partial charge in [0, 0.05) is 11.6 Å². The molecular formula is C14H15ClN2O. The molecule has 3 nitrogen and oxygen atoms in total. The molecule has 18 heavy (non-hydrogen) atoms. The lowest BCUT2D eigenvalue weighted by Crippen LogP contribution is -2.02. The number of rotatable bonds is 4. The fourth-order valence-electron chi connectivity index (χ4n) is 1.73. The van der Waals surface area contributed by atoms with E-state index in [-0.39, 0.29) is 6.61 Å². The lowest BCUT2D eigenvalue weighted by Gasteiger charge is -2.10. The minimum atomic E-state index is 0.0525. The maximum absolute atomic E-state index is 9.07. The summed E-state index contributed by atoms with van der Waals surface area (Å²) in [5.41, 5.74) is 9.33. The Bertz CT molecular complexity index is 543. The third kappa shape index (κ3) is 3.15. The zero-order valence-corrected chi connectivity index (χ0v) is 10.6. The Labute approximate surface area is 111 Å². The third-order valence-electron chi connectivity index (χ3n) is 2.67. The van der Waals surface area contributed by atoms with Crippen LogP contribution in [0.15, 0.2) is 42.5 Å². The first-order valence-electron chi connectivity index (χ1n) is 5.66. The van der Waals surface area contributed by atoms with Crippen molar-refractivity contribution in [2.45, 2.75) is 13.2 Å². The molecule has 4 heteroatoms. The van der Waals surface area contributed by atoms with E-state index in [1.54, 1.807) is 12.1 Å². The van der Waals surface area contributed by atoms with E-state index in [0.29, 0.717) is 17.3 Å². The lowest BCUT2D eigenvalue weighted by atomic mass is 10.1. The first-order valence-corrected chi connectivity index (χ1v) is 6.04. The molecule has 0 atom stereocenters. The van der Waals surface area contributed by atoms with Gasteiger partial charge in [0.2, 0.25) is 0 Å². The van der Waals surface area contributed by atoms with Crippen molar-refractivity contribution in [3.8, 4) is 0 Å². The van der Waals surface area contributed by atoms with Gasteiger partial charge in [0.25, 0.3) is 0 Å². The smallest absolute Gasteiger partial charge is 0.0681 e. The minimum Gasteiger partial charge on any atom is -0.397 e. The van der Waals surface area contributed by atoms with E-state index in [0.717, 1.165) is 16.8 Å². The van der Waals surface area contributed by atoms with Crippen molar-refractivity contribution < 1.29 is 5.11 Å². The highest BCUT2D eigenvalue weighted by atomic mass is 35.5. The molecule has 0 amide bonds. The molecule has 0 aliphatic heterocycles. The van der Waals surface area contributed by atoms with Crippen LogP contribution in [0.25, 0.3) is 0 Å². The zero-order chi connectivity index (χ0) is 13.0. The first-order chi connectivity index (χ1) is 8.69. The van der Waals surface area contributed by atoms with Crippen LogP contribution in [0.3, 0.4) is 0 Å². The molecule has 0 aliphatic rings. The van der Waals surface area contributed by atoms with E-state index < -0.39 is 0 Å².